The molecule has 6 heteroatoms. The van der Waals surface area contributed by atoms with Gasteiger partial charge in [0, 0.05) is 24.0 Å². The summed E-state index contributed by atoms with van der Waals surface area (Å²) in [7, 11) is -3.52. The van der Waals surface area contributed by atoms with Gasteiger partial charge in [-0.15, -0.1) is 11.3 Å². The molecule has 112 valence electrons. The first-order valence-electron chi connectivity index (χ1n) is 6.92. The molecule has 0 radical (unpaired) electrons. The maximum Gasteiger partial charge on any atom is 0.243 e. The zero-order chi connectivity index (χ0) is 15.0. The lowest BCUT2D eigenvalue weighted by atomic mass is 10.0. The predicted octanol–water partition coefficient (Wildman–Crippen LogP) is 2.51. The molecule has 1 atom stereocenters. The molecule has 0 saturated carbocycles. The molecule has 2 aromatic rings. The van der Waals surface area contributed by atoms with Crippen LogP contribution in [0.1, 0.15) is 29.0 Å². The van der Waals surface area contributed by atoms with Gasteiger partial charge in [-0.1, -0.05) is 18.2 Å². The van der Waals surface area contributed by atoms with E-state index in [1.165, 1.54) is 4.88 Å². The Morgan fingerprint density at radius 2 is 2.10 bits per heavy atom. The van der Waals surface area contributed by atoms with Crippen LogP contribution in [0.4, 0.5) is 0 Å². The third-order valence-electron chi connectivity index (χ3n) is 4.00. The molecule has 3 rings (SSSR count). The SMILES string of the molecule is CC1c2ccsc2CCN1S(=O)(=O)c1ccccc1CN. The number of nitrogens with two attached hydrogens (primary N) is 1. The van der Waals surface area contributed by atoms with Gasteiger partial charge < -0.3 is 5.73 Å². The van der Waals surface area contributed by atoms with Crippen LogP contribution in [0.25, 0.3) is 0 Å². The van der Waals surface area contributed by atoms with Crippen molar-refractivity contribution in [2.75, 3.05) is 6.54 Å². The first-order valence-corrected chi connectivity index (χ1v) is 9.23. The van der Waals surface area contributed by atoms with Crippen LogP contribution in [-0.2, 0) is 23.0 Å². The van der Waals surface area contributed by atoms with E-state index in [0.29, 0.717) is 17.0 Å². The number of hydrogen-bond acceptors (Lipinski definition) is 4. The Labute approximate surface area is 129 Å². The van der Waals surface area contributed by atoms with E-state index < -0.39 is 10.0 Å². The Balaban J connectivity index is 2.04. The predicted molar refractivity (Wildman–Crippen MR) is 84.7 cm³/mol. The maximum atomic E-state index is 13.0. The standard InChI is InChI=1S/C15H18N2O2S2/c1-11-13-7-9-20-14(13)6-8-17(11)21(18,19)15-5-3-2-4-12(15)10-16/h2-5,7,9,11H,6,8,10,16H2,1H3. The van der Waals surface area contributed by atoms with Gasteiger partial charge in [0.25, 0.3) is 0 Å². The van der Waals surface area contributed by atoms with Crippen molar-refractivity contribution in [3.05, 3.63) is 51.7 Å². The van der Waals surface area contributed by atoms with Crippen LogP contribution in [0.15, 0.2) is 40.6 Å². The lowest BCUT2D eigenvalue weighted by Crippen LogP contribution is -2.38. The maximum absolute atomic E-state index is 13.0. The molecule has 21 heavy (non-hydrogen) atoms. The summed E-state index contributed by atoms with van der Waals surface area (Å²) in [6.07, 6.45) is 0.779. The average molecular weight is 322 g/mol. The summed E-state index contributed by atoms with van der Waals surface area (Å²) in [4.78, 5) is 1.62. The second kappa shape index (κ2) is 5.53. The van der Waals surface area contributed by atoms with E-state index in [1.54, 1.807) is 33.8 Å². The molecule has 0 fully saturated rings. The van der Waals surface area contributed by atoms with Gasteiger partial charge in [0.15, 0.2) is 0 Å². The zero-order valence-corrected chi connectivity index (χ0v) is 13.5. The molecule has 1 unspecified atom stereocenters. The Kier molecular flexibility index (Phi) is 3.88. The van der Waals surface area contributed by atoms with Gasteiger partial charge in [-0.05, 0) is 42.0 Å². The van der Waals surface area contributed by atoms with Crippen LogP contribution in [0.2, 0.25) is 0 Å². The van der Waals surface area contributed by atoms with Gasteiger partial charge in [-0.2, -0.15) is 4.31 Å². The van der Waals surface area contributed by atoms with Gasteiger partial charge in [0.1, 0.15) is 0 Å². The minimum absolute atomic E-state index is 0.129. The molecule has 0 spiro atoms. The lowest BCUT2D eigenvalue weighted by molar-refractivity contribution is 0.329. The minimum atomic E-state index is -3.52. The molecule has 4 nitrogen and oxygen atoms in total. The van der Waals surface area contributed by atoms with Crippen LogP contribution in [-0.4, -0.2) is 19.3 Å². The van der Waals surface area contributed by atoms with Crippen molar-refractivity contribution in [3.8, 4) is 0 Å². The summed E-state index contributed by atoms with van der Waals surface area (Å²) in [6, 6.07) is 8.89. The Hall–Kier alpha value is -1.21. The highest BCUT2D eigenvalue weighted by molar-refractivity contribution is 7.89. The quantitative estimate of drug-likeness (QED) is 0.944. The smallest absolute Gasteiger partial charge is 0.243 e. The second-order valence-electron chi connectivity index (χ2n) is 5.15. The van der Waals surface area contributed by atoms with E-state index in [2.05, 4.69) is 0 Å². The molecular formula is C15H18N2O2S2. The highest BCUT2D eigenvalue weighted by atomic mass is 32.2. The zero-order valence-electron chi connectivity index (χ0n) is 11.8. The number of thiophene rings is 1. The summed E-state index contributed by atoms with van der Waals surface area (Å²) in [6.45, 7) is 2.70. The Morgan fingerprint density at radius 1 is 1.33 bits per heavy atom. The van der Waals surface area contributed by atoms with E-state index in [0.717, 1.165) is 12.0 Å². The summed E-state index contributed by atoms with van der Waals surface area (Å²) < 4.78 is 27.6. The van der Waals surface area contributed by atoms with Crippen molar-refractivity contribution in [2.24, 2.45) is 5.73 Å². The van der Waals surface area contributed by atoms with Crippen molar-refractivity contribution >= 4 is 21.4 Å². The van der Waals surface area contributed by atoms with E-state index in [1.807, 2.05) is 24.4 Å². The summed E-state index contributed by atoms with van der Waals surface area (Å²) in [5.74, 6) is 0. The highest BCUT2D eigenvalue weighted by Gasteiger charge is 2.35. The first kappa shape index (κ1) is 14.7. The molecule has 1 aliphatic heterocycles. The largest absolute Gasteiger partial charge is 0.326 e. The van der Waals surface area contributed by atoms with Crippen LogP contribution in [0.5, 0.6) is 0 Å². The van der Waals surface area contributed by atoms with E-state index >= 15 is 0 Å². The van der Waals surface area contributed by atoms with Crippen molar-refractivity contribution in [1.82, 2.24) is 4.31 Å². The van der Waals surface area contributed by atoms with Crippen LogP contribution < -0.4 is 5.73 Å². The van der Waals surface area contributed by atoms with E-state index in [9.17, 15) is 8.42 Å². The lowest BCUT2D eigenvalue weighted by Gasteiger charge is -2.33. The number of nitrogens with zero attached hydrogens (tertiary/aromatic N) is 1. The minimum Gasteiger partial charge on any atom is -0.326 e. The molecule has 1 aromatic carbocycles. The third-order valence-corrected chi connectivity index (χ3v) is 7.07. The van der Waals surface area contributed by atoms with Gasteiger partial charge in [0.2, 0.25) is 10.0 Å². The highest BCUT2D eigenvalue weighted by Crippen LogP contribution is 2.36. The number of benzene rings is 1. The van der Waals surface area contributed by atoms with Gasteiger partial charge in [-0.3, -0.25) is 0 Å². The average Bonchev–Trinajstić information content (AvgIpc) is 2.96. The molecule has 1 aromatic heterocycles. The topological polar surface area (TPSA) is 63.4 Å². The molecule has 2 N–H and O–H groups in total. The first-order chi connectivity index (χ1) is 10.1. The normalized spacial score (nSPS) is 19.4. The van der Waals surface area contributed by atoms with Crippen LogP contribution >= 0.6 is 11.3 Å². The molecular weight excluding hydrogens is 304 g/mol. The van der Waals surface area contributed by atoms with E-state index in [4.69, 9.17) is 5.73 Å². The van der Waals surface area contributed by atoms with Gasteiger partial charge in [-0.25, -0.2) is 8.42 Å². The van der Waals surface area contributed by atoms with Crippen LogP contribution in [0.3, 0.4) is 0 Å². The molecule has 2 heterocycles. The molecule has 1 aliphatic rings. The Bertz CT molecular complexity index is 753. The fraction of sp³-hybridized carbons (Fsp3) is 0.333. The van der Waals surface area contributed by atoms with E-state index in [-0.39, 0.29) is 12.6 Å². The number of sulfonamides is 1. The summed E-state index contributed by atoms with van der Waals surface area (Å²) in [5, 5.41) is 2.03. The van der Waals surface area contributed by atoms with Crippen LogP contribution in [0, 0.1) is 0 Å². The summed E-state index contributed by atoms with van der Waals surface area (Å²) >= 11 is 1.70. The fourth-order valence-electron chi connectivity index (χ4n) is 2.87. The molecule has 0 amide bonds. The molecule has 0 bridgehead atoms. The van der Waals surface area contributed by atoms with Gasteiger partial charge >= 0.3 is 0 Å². The fourth-order valence-corrected chi connectivity index (χ4v) is 5.68. The van der Waals surface area contributed by atoms with Crippen molar-refractivity contribution in [2.45, 2.75) is 30.8 Å². The molecule has 0 saturated heterocycles. The number of rotatable bonds is 3. The van der Waals surface area contributed by atoms with Crippen molar-refractivity contribution < 1.29 is 8.42 Å². The number of hydrogen-bond donors (Lipinski definition) is 1. The van der Waals surface area contributed by atoms with Crippen molar-refractivity contribution in [3.63, 3.8) is 0 Å². The van der Waals surface area contributed by atoms with Gasteiger partial charge in [0.05, 0.1) is 4.90 Å². The van der Waals surface area contributed by atoms with Crippen molar-refractivity contribution in [1.29, 1.82) is 0 Å². The second-order valence-corrected chi connectivity index (χ2v) is 8.01. The Morgan fingerprint density at radius 3 is 2.86 bits per heavy atom. The number of fused-ring (bicyclic) bond motifs is 1. The summed E-state index contributed by atoms with van der Waals surface area (Å²) in [5.41, 5.74) is 7.48. The third kappa shape index (κ3) is 2.42. The monoisotopic (exact) mass is 322 g/mol. The molecule has 0 aliphatic carbocycles.